The van der Waals surface area contributed by atoms with Gasteiger partial charge in [-0.1, -0.05) is 13.0 Å². The van der Waals surface area contributed by atoms with Crippen LogP contribution in [-0.4, -0.2) is 76.1 Å². The topological polar surface area (TPSA) is 132 Å². The lowest BCUT2D eigenvalue weighted by Gasteiger charge is -2.24. The van der Waals surface area contributed by atoms with E-state index in [2.05, 4.69) is 49.9 Å². The Bertz CT molecular complexity index is 937. The third kappa shape index (κ3) is 10.3. The first-order valence-corrected chi connectivity index (χ1v) is 12.2. The number of carbonyl (C=O) groups is 2. The van der Waals surface area contributed by atoms with Gasteiger partial charge in [0.1, 0.15) is 11.9 Å². The number of anilines is 2. The number of carboxylic acid groups (broad SMARTS) is 1. The number of carbonyl (C=O) groups excluding carboxylic acids is 1. The maximum absolute atomic E-state index is 11.8. The van der Waals surface area contributed by atoms with Crippen LogP contribution in [0, 0.1) is 6.92 Å². The van der Waals surface area contributed by atoms with Gasteiger partial charge in [-0.3, -0.25) is 4.79 Å². The standard InChI is InChI=1S/C25H39N7O3/c1-5-20-9-10-21(30-23(20)26-4)8-6-7-13-32(15-12-27-19(3)33)14-11-22(24(34)35)31-25-28-16-18(2)17-29-25/h9-10,16-17,22H,5-8,11-15H2,1-4H3,(H,26,30)(H,27,33)(H,34,35)(H,28,29,31). The lowest BCUT2D eigenvalue weighted by atomic mass is 10.1. The van der Waals surface area contributed by atoms with Crippen molar-refractivity contribution in [1.29, 1.82) is 0 Å². The summed E-state index contributed by atoms with van der Waals surface area (Å²) in [7, 11) is 1.89. The number of aliphatic carboxylic acids is 1. The van der Waals surface area contributed by atoms with Crippen LogP contribution >= 0.6 is 0 Å². The second kappa shape index (κ2) is 14.9. The number of carboxylic acids is 1. The van der Waals surface area contributed by atoms with E-state index >= 15 is 0 Å². The van der Waals surface area contributed by atoms with Crippen molar-refractivity contribution in [3.63, 3.8) is 0 Å². The second-order valence-electron chi connectivity index (χ2n) is 8.60. The molecule has 1 unspecified atom stereocenters. The van der Waals surface area contributed by atoms with Crippen LogP contribution in [0.1, 0.15) is 49.9 Å². The fraction of sp³-hybridized carbons (Fsp3) is 0.560. The molecule has 10 heteroatoms. The smallest absolute Gasteiger partial charge is 0.326 e. The Kier molecular flexibility index (Phi) is 11.9. The van der Waals surface area contributed by atoms with Crippen molar-refractivity contribution in [1.82, 2.24) is 25.2 Å². The Balaban J connectivity index is 1.89. The molecule has 2 rings (SSSR count). The van der Waals surface area contributed by atoms with Crippen molar-refractivity contribution < 1.29 is 14.7 Å². The van der Waals surface area contributed by atoms with Crippen LogP contribution in [0.4, 0.5) is 11.8 Å². The Labute approximate surface area is 208 Å². The van der Waals surface area contributed by atoms with Gasteiger partial charge in [0.2, 0.25) is 11.9 Å². The van der Waals surface area contributed by atoms with Crippen molar-refractivity contribution >= 4 is 23.6 Å². The van der Waals surface area contributed by atoms with Crippen molar-refractivity contribution in [3.05, 3.63) is 41.3 Å². The molecule has 10 nitrogen and oxygen atoms in total. The van der Waals surface area contributed by atoms with Crippen LogP contribution in [0.2, 0.25) is 0 Å². The Morgan fingerprint density at radius 2 is 1.86 bits per heavy atom. The molecule has 0 radical (unpaired) electrons. The molecule has 0 bridgehead atoms. The van der Waals surface area contributed by atoms with Crippen molar-refractivity contribution in [2.75, 3.05) is 43.9 Å². The summed E-state index contributed by atoms with van der Waals surface area (Å²) < 4.78 is 0. The number of amides is 1. The van der Waals surface area contributed by atoms with Crippen molar-refractivity contribution in [3.8, 4) is 0 Å². The fourth-order valence-electron chi connectivity index (χ4n) is 3.73. The first-order chi connectivity index (χ1) is 16.8. The van der Waals surface area contributed by atoms with Crippen LogP contribution in [0.15, 0.2) is 24.5 Å². The molecule has 35 heavy (non-hydrogen) atoms. The predicted molar refractivity (Wildman–Crippen MR) is 138 cm³/mol. The molecule has 2 aromatic heterocycles. The van der Waals surface area contributed by atoms with Gasteiger partial charge in [0.15, 0.2) is 0 Å². The molecule has 0 fully saturated rings. The first-order valence-electron chi connectivity index (χ1n) is 12.2. The summed E-state index contributed by atoms with van der Waals surface area (Å²) in [5, 5.41) is 18.6. The molecular formula is C25H39N7O3. The number of aromatic nitrogens is 3. The highest BCUT2D eigenvalue weighted by Gasteiger charge is 2.19. The minimum Gasteiger partial charge on any atom is -0.480 e. The number of unbranched alkanes of at least 4 members (excludes halogenated alkanes) is 1. The van der Waals surface area contributed by atoms with E-state index in [0.29, 0.717) is 32.0 Å². The second-order valence-corrected chi connectivity index (χ2v) is 8.60. The summed E-state index contributed by atoms with van der Waals surface area (Å²) in [6.07, 6.45) is 7.42. The normalized spacial score (nSPS) is 11.8. The maximum Gasteiger partial charge on any atom is 0.326 e. The lowest BCUT2D eigenvalue weighted by Crippen LogP contribution is -2.39. The van der Waals surface area contributed by atoms with Crippen molar-refractivity contribution in [2.45, 2.75) is 58.9 Å². The number of aryl methyl sites for hydroxylation is 3. The summed E-state index contributed by atoms with van der Waals surface area (Å²) in [6, 6.07) is 3.41. The van der Waals surface area contributed by atoms with Crippen LogP contribution in [0.25, 0.3) is 0 Å². The van der Waals surface area contributed by atoms with E-state index in [1.807, 2.05) is 14.0 Å². The van der Waals surface area contributed by atoms with Crippen molar-refractivity contribution in [2.24, 2.45) is 0 Å². The number of pyridine rings is 1. The summed E-state index contributed by atoms with van der Waals surface area (Å²) in [6.45, 7) is 8.04. The zero-order chi connectivity index (χ0) is 25.6. The molecule has 0 aliphatic heterocycles. The van der Waals surface area contributed by atoms with E-state index in [4.69, 9.17) is 4.98 Å². The molecule has 1 amide bonds. The highest BCUT2D eigenvalue weighted by atomic mass is 16.4. The van der Waals surface area contributed by atoms with Gasteiger partial charge in [0.05, 0.1) is 0 Å². The zero-order valence-electron chi connectivity index (χ0n) is 21.3. The fourth-order valence-corrected chi connectivity index (χ4v) is 3.73. The van der Waals surface area contributed by atoms with Crippen LogP contribution in [0.5, 0.6) is 0 Å². The van der Waals surface area contributed by atoms with Gasteiger partial charge in [0.25, 0.3) is 0 Å². The lowest BCUT2D eigenvalue weighted by molar-refractivity contribution is -0.138. The first kappa shape index (κ1) is 28.0. The third-order valence-electron chi connectivity index (χ3n) is 5.73. The van der Waals surface area contributed by atoms with Gasteiger partial charge < -0.3 is 26.0 Å². The van der Waals surface area contributed by atoms with E-state index in [9.17, 15) is 14.7 Å². The Hall–Kier alpha value is -3.27. The number of rotatable bonds is 16. The molecule has 0 aromatic carbocycles. The van der Waals surface area contributed by atoms with E-state index in [1.54, 1.807) is 12.4 Å². The van der Waals surface area contributed by atoms with E-state index < -0.39 is 12.0 Å². The van der Waals surface area contributed by atoms with Crippen LogP contribution < -0.4 is 16.0 Å². The number of hydrogen-bond acceptors (Lipinski definition) is 8. The number of nitrogens with zero attached hydrogens (tertiary/aromatic N) is 4. The predicted octanol–water partition coefficient (Wildman–Crippen LogP) is 2.50. The highest BCUT2D eigenvalue weighted by Crippen LogP contribution is 2.15. The molecule has 192 valence electrons. The van der Waals surface area contributed by atoms with Gasteiger partial charge in [-0.15, -0.1) is 0 Å². The minimum atomic E-state index is -0.946. The van der Waals surface area contributed by atoms with E-state index in [1.165, 1.54) is 12.5 Å². The van der Waals surface area contributed by atoms with E-state index in [-0.39, 0.29) is 5.91 Å². The molecule has 4 N–H and O–H groups in total. The monoisotopic (exact) mass is 485 g/mol. The zero-order valence-corrected chi connectivity index (χ0v) is 21.3. The molecular weight excluding hydrogens is 446 g/mol. The summed E-state index contributed by atoms with van der Waals surface area (Å²) in [4.78, 5) is 38.3. The van der Waals surface area contributed by atoms with Gasteiger partial charge in [-0.05, 0) is 62.8 Å². The molecule has 0 saturated heterocycles. The van der Waals surface area contributed by atoms with Gasteiger partial charge in [0, 0.05) is 51.7 Å². The van der Waals surface area contributed by atoms with Gasteiger partial charge in [-0.2, -0.15) is 0 Å². The average Bonchev–Trinajstić information content (AvgIpc) is 2.84. The Morgan fingerprint density at radius 3 is 2.49 bits per heavy atom. The molecule has 1 atom stereocenters. The van der Waals surface area contributed by atoms with Gasteiger partial charge in [-0.25, -0.2) is 19.7 Å². The molecule has 0 aliphatic rings. The molecule has 2 aromatic rings. The number of nitrogens with one attached hydrogen (secondary N) is 3. The summed E-state index contributed by atoms with van der Waals surface area (Å²) >= 11 is 0. The largest absolute Gasteiger partial charge is 0.480 e. The summed E-state index contributed by atoms with van der Waals surface area (Å²) in [5.41, 5.74) is 3.17. The molecule has 0 aliphatic carbocycles. The minimum absolute atomic E-state index is 0.0755. The van der Waals surface area contributed by atoms with Crippen LogP contribution in [0.3, 0.4) is 0 Å². The third-order valence-corrected chi connectivity index (χ3v) is 5.73. The average molecular weight is 486 g/mol. The summed E-state index contributed by atoms with van der Waals surface area (Å²) in [5.74, 6) is 0.216. The van der Waals surface area contributed by atoms with Gasteiger partial charge >= 0.3 is 5.97 Å². The SMILES string of the molecule is CCc1ccc(CCCCN(CCNC(C)=O)CCC(Nc2ncc(C)cn2)C(=O)O)nc1NC. The quantitative estimate of drug-likeness (QED) is 0.265. The van der Waals surface area contributed by atoms with Crippen LogP contribution in [-0.2, 0) is 22.4 Å². The molecule has 0 saturated carbocycles. The molecule has 0 spiro atoms. The number of hydrogen-bond donors (Lipinski definition) is 4. The highest BCUT2D eigenvalue weighted by molar-refractivity contribution is 5.76. The van der Waals surface area contributed by atoms with E-state index in [0.717, 1.165) is 49.3 Å². The Morgan fingerprint density at radius 1 is 1.11 bits per heavy atom. The molecule has 2 heterocycles. The maximum atomic E-state index is 11.8.